The van der Waals surface area contributed by atoms with Gasteiger partial charge in [-0.3, -0.25) is 4.79 Å². The molecule has 1 atom stereocenters. The van der Waals surface area contributed by atoms with Crippen molar-refractivity contribution in [3.05, 3.63) is 51.6 Å². The highest BCUT2D eigenvalue weighted by Crippen LogP contribution is 2.33. The fourth-order valence-electron chi connectivity index (χ4n) is 3.87. The number of nitrogens with one attached hydrogen (secondary N) is 1. The molecule has 0 aliphatic heterocycles. The van der Waals surface area contributed by atoms with Crippen molar-refractivity contribution >= 4 is 28.1 Å². The number of carbonyl (C=O) groups excluding carboxylic acids is 1. The molecule has 0 radical (unpaired) electrons. The summed E-state index contributed by atoms with van der Waals surface area (Å²) in [6, 6.07) is 8.30. The number of benzene rings is 1. The van der Waals surface area contributed by atoms with Crippen LogP contribution in [0.5, 0.6) is 0 Å². The highest BCUT2D eigenvalue weighted by atomic mass is 32.1. The van der Waals surface area contributed by atoms with Crippen molar-refractivity contribution in [2.24, 2.45) is 5.92 Å². The SMILES string of the molecule is CC(C)C(=O)NC1CCc2c(c3cc(C#N)ccc3n2Cc2cscn2)C1. The summed E-state index contributed by atoms with van der Waals surface area (Å²) in [5.41, 5.74) is 7.30. The Morgan fingerprint density at radius 1 is 1.48 bits per heavy atom. The van der Waals surface area contributed by atoms with Crippen LogP contribution in [0.25, 0.3) is 10.9 Å². The van der Waals surface area contributed by atoms with Gasteiger partial charge in [-0.25, -0.2) is 4.98 Å². The predicted molar refractivity (Wildman–Crippen MR) is 107 cm³/mol. The van der Waals surface area contributed by atoms with Gasteiger partial charge in [0.05, 0.1) is 29.4 Å². The number of fused-ring (bicyclic) bond motifs is 3. The van der Waals surface area contributed by atoms with E-state index in [1.54, 1.807) is 11.3 Å². The second-order valence-corrected chi connectivity index (χ2v) is 8.16. The molecule has 0 saturated carbocycles. The Labute approximate surface area is 162 Å². The van der Waals surface area contributed by atoms with E-state index in [1.807, 2.05) is 37.6 Å². The van der Waals surface area contributed by atoms with E-state index in [2.05, 4.69) is 26.3 Å². The molecule has 4 rings (SSSR count). The fraction of sp³-hybridized carbons (Fsp3) is 0.381. The zero-order valence-corrected chi connectivity index (χ0v) is 16.3. The molecule has 1 amide bonds. The minimum Gasteiger partial charge on any atom is -0.353 e. The van der Waals surface area contributed by atoms with E-state index in [0.717, 1.165) is 42.4 Å². The van der Waals surface area contributed by atoms with E-state index < -0.39 is 0 Å². The maximum Gasteiger partial charge on any atom is 0.222 e. The Morgan fingerprint density at radius 3 is 3.04 bits per heavy atom. The van der Waals surface area contributed by atoms with Crippen molar-refractivity contribution in [3.63, 3.8) is 0 Å². The summed E-state index contributed by atoms with van der Waals surface area (Å²) >= 11 is 1.61. The van der Waals surface area contributed by atoms with Crippen LogP contribution in [0.3, 0.4) is 0 Å². The zero-order valence-electron chi connectivity index (χ0n) is 15.5. The van der Waals surface area contributed by atoms with Crippen molar-refractivity contribution < 1.29 is 4.79 Å². The summed E-state index contributed by atoms with van der Waals surface area (Å²) in [6.45, 7) is 4.58. The lowest BCUT2D eigenvalue weighted by Gasteiger charge is -2.25. The van der Waals surface area contributed by atoms with Gasteiger partial charge in [0.1, 0.15) is 0 Å². The van der Waals surface area contributed by atoms with Gasteiger partial charge < -0.3 is 9.88 Å². The molecule has 1 aromatic carbocycles. The topological polar surface area (TPSA) is 70.7 Å². The summed E-state index contributed by atoms with van der Waals surface area (Å²) in [6.07, 6.45) is 2.66. The van der Waals surface area contributed by atoms with Crippen molar-refractivity contribution in [1.29, 1.82) is 5.26 Å². The minimum absolute atomic E-state index is 0.0115. The van der Waals surface area contributed by atoms with Crippen LogP contribution in [0.15, 0.2) is 29.1 Å². The lowest BCUT2D eigenvalue weighted by molar-refractivity contribution is -0.124. The third-order valence-corrected chi connectivity index (χ3v) is 5.91. The number of carbonyl (C=O) groups is 1. The molecule has 1 unspecified atom stereocenters. The smallest absolute Gasteiger partial charge is 0.222 e. The summed E-state index contributed by atoms with van der Waals surface area (Å²) < 4.78 is 2.33. The third kappa shape index (κ3) is 3.35. The van der Waals surface area contributed by atoms with Crippen LogP contribution in [0.4, 0.5) is 0 Å². The second-order valence-electron chi connectivity index (χ2n) is 7.44. The van der Waals surface area contributed by atoms with E-state index in [9.17, 15) is 10.1 Å². The number of nitrogens with zero attached hydrogens (tertiary/aromatic N) is 3. The summed E-state index contributed by atoms with van der Waals surface area (Å²) in [5.74, 6) is 0.0926. The maximum atomic E-state index is 12.1. The molecule has 27 heavy (non-hydrogen) atoms. The molecule has 5 nitrogen and oxygen atoms in total. The van der Waals surface area contributed by atoms with Gasteiger partial charge in [0.25, 0.3) is 0 Å². The number of nitriles is 1. The average Bonchev–Trinajstić information content (AvgIpc) is 3.28. The van der Waals surface area contributed by atoms with Crippen molar-refractivity contribution in [3.8, 4) is 6.07 Å². The van der Waals surface area contributed by atoms with E-state index >= 15 is 0 Å². The van der Waals surface area contributed by atoms with E-state index in [0.29, 0.717) is 5.56 Å². The number of rotatable bonds is 4. The van der Waals surface area contributed by atoms with Gasteiger partial charge in [0.2, 0.25) is 5.91 Å². The molecule has 6 heteroatoms. The first kappa shape index (κ1) is 17.7. The van der Waals surface area contributed by atoms with Crippen LogP contribution in [-0.4, -0.2) is 21.5 Å². The van der Waals surface area contributed by atoms with Crippen LogP contribution in [-0.2, 0) is 24.2 Å². The number of hydrogen-bond donors (Lipinski definition) is 1. The third-order valence-electron chi connectivity index (χ3n) is 5.27. The van der Waals surface area contributed by atoms with Crippen molar-refractivity contribution in [2.45, 2.75) is 45.7 Å². The fourth-order valence-corrected chi connectivity index (χ4v) is 4.42. The molecule has 0 fully saturated rings. The van der Waals surface area contributed by atoms with Crippen LogP contribution < -0.4 is 5.32 Å². The van der Waals surface area contributed by atoms with Gasteiger partial charge >= 0.3 is 0 Å². The number of aromatic nitrogens is 2. The normalized spacial score (nSPS) is 16.3. The number of amides is 1. The van der Waals surface area contributed by atoms with Gasteiger partial charge in [-0.05, 0) is 43.0 Å². The summed E-state index contributed by atoms with van der Waals surface area (Å²) in [4.78, 5) is 16.6. The van der Waals surface area contributed by atoms with Gasteiger partial charge in [-0.1, -0.05) is 13.8 Å². The quantitative estimate of drug-likeness (QED) is 0.753. The summed E-state index contributed by atoms with van der Waals surface area (Å²) in [7, 11) is 0. The predicted octanol–water partition coefficient (Wildman–Crippen LogP) is 3.65. The Hall–Kier alpha value is -2.65. The van der Waals surface area contributed by atoms with Gasteiger partial charge in [-0.15, -0.1) is 11.3 Å². The van der Waals surface area contributed by atoms with Crippen LogP contribution in [0, 0.1) is 17.2 Å². The second kappa shape index (κ2) is 7.16. The lowest BCUT2D eigenvalue weighted by atomic mass is 9.90. The van der Waals surface area contributed by atoms with Crippen molar-refractivity contribution in [1.82, 2.24) is 14.9 Å². The molecule has 1 N–H and O–H groups in total. The van der Waals surface area contributed by atoms with E-state index in [4.69, 9.17) is 0 Å². The number of thiazole rings is 1. The molecule has 0 saturated heterocycles. The molecule has 2 aromatic heterocycles. The number of hydrogen-bond acceptors (Lipinski definition) is 4. The molecule has 2 heterocycles. The molecular formula is C21H22N4OS. The van der Waals surface area contributed by atoms with Crippen molar-refractivity contribution in [2.75, 3.05) is 0 Å². The monoisotopic (exact) mass is 378 g/mol. The standard InChI is InChI=1S/C21H22N4OS/c1-13(2)21(26)24-15-4-6-20-18(8-15)17-7-14(9-22)3-5-19(17)25(20)10-16-11-27-12-23-16/h3,5,7,11-13,15H,4,6,8,10H2,1-2H3,(H,24,26). The van der Waals surface area contributed by atoms with Crippen LogP contribution in [0.1, 0.15) is 42.8 Å². The van der Waals surface area contributed by atoms with Gasteiger partial charge in [0.15, 0.2) is 0 Å². The van der Waals surface area contributed by atoms with Crippen LogP contribution >= 0.6 is 11.3 Å². The van der Waals surface area contributed by atoms with Crippen LogP contribution in [0.2, 0.25) is 0 Å². The van der Waals surface area contributed by atoms with E-state index in [-0.39, 0.29) is 17.9 Å². The molecule has 3 aromatic rings. The van der Waals surface area contributed by atoms with Gasteiger partial charge in [0, 0.05) is 33.9 Å². The highest BCUT2D eigenvalue weighted by molar-refractivity contribution is 7.07. The molecule has 1 aliphatic carbocycles. The highest BCUT2D eigenvalue weighted by Gasteiger charge is 2.27. The first-order valence-electron chi connectivity index (χ1n) is 9.28. The molecular weight excluding hydrogens is 356 g/mol. The van der Waals surface area contributed by atoms with Gasteiger partial charge in [-0.2, -0.15) is 5.26 Å². The molecule has 138 valence electrons. The maximum absolute atomic E-state index is 12.1. The Morgan fingerprint density at radius 2 is 2.33 bits per heavy atom. The first-order valence-corrected chi connectivity index (χ1v) is 10.2. The Kier molecular flexibility index (Phi) is 4.71. The summed E-state index contributed by atoms with van der Waals surface area (Å²) in [5, 5.41) is 15.7. The molecule has 0 bridgehead atoms. The first-order chi connectivity index (χ1) is 13.1. The lowest BCUT2D eigenvalue weighted by Crippen LogP contribution is -2.41. The Bertz CT molecular complexity index is 1030. The minimum atomic E-state index is -0.0115. The molecule has 1 aliphatic rings. The zero-order chi connectivity index (χ0) is 19.0. The van der Waals surface area contributed by atoms with E-state index in [1.165, 1.54) is 11.3 Å². The largest absolute Gasteiger partial charge is 0.353 e. The average molecular weight is 379 g/mol. The Balaban J connectivity index is 1.75. The molecule has 0 spiro atoms.